The molecule has 0 amide bonds. The average Bonchev–Trinajstić information content (AvgIpc) is 2.89. The van der Waals surface area contributed by atoms with Gasteiger partial charge in [0.1, 0.15) is 0 Å². The van der Waals surface area contributed by atoms with Gasteiger partial charge in [-0.3, -0.25) is 9.58 Å². The molecule has 6 heteroatoms. The van der Waals surface area contributed by atoms with Crippen molar-refractivity contribution in [3.05, 3.63) is 15.9 Å². The molecule has 100 valence electrons. The van der Waals surface area contributed by atoms with Crippen LogP contribution < -0.4 is 5.73 Å². The summed E-state index contributed by atoms with van der Waals surface area (Å²) in [5.41, 5.74) is 8.07. The van der Waals surface area contributed by atoms with Gasteiger partial charge in [-0.1, -0.05) is 12.2 Å². The molecule has 4 nitrogen and oxygen atoms in total. The maximum Gasteiger partial charge on any atom is 0.0902 e. The standard InChI is InChI=1S/C12H19BrN4S/c1-3-17-10(11(13)8(2)15-17)7-16-6-4-5-9(16)12(14)18/h9H,3-7H2,1-2H3,(H2,14,18). The Labute approximate surface area is 122 Å². The first-order valence-corrected chi connectivity index (χ1v) is 7.49. The second-order valence-corrected chi connectivity index (χ2v) is 5.96. The van der Waals surface area contributed by atoms with E-state index in [4.69, 9.17) is 18.0 Å². The number of halogens is 1. The minimum absolute atomic E-state index is 0.243. The number of thiocarbonyl (C=S) groups is 1. The summed E-state index contributed by atoms with van der Waals surface area (Å²) in [6.45, 7) is 6.93. The van der Waals surface area contributed by atoms with E-state index in [9.17, 15) is 0 Å². The molecule has 2 N–H and O–H groups in total. The van der Waals surface area contributed by atoms with E-state index in [1.165, 1.54) is 12.1 Å². The fraction of sp³-hybridized carbons (Fsp3) is 0.667. The predicted octanol–water partition coefficient (Wildman–Crippen LogP) is 2.22. The third kappa shape index (κ3) is 2.60. The summed E-state index contributed by atoms with van der Waals surface area (Å²) < 4.78 is 3.16. The lowest BCUT2D eigenvalue weighted by atomic mass is 10.2. The minimum atomic E-state index is 0.243. The SMILES string of the molecule is CCn1nc(C)c(Br)c1CN1CCCC1C(N)=S. The van der Waals surface area contributed by atoms with Gasteiger partial charge in [-0.15, -0.1) is 0 Å². The number of hydrogen-bond donors (Lipinski definition) is 1. The van der Waals surface area contributed by atoms with Crippen LogP contribution in [0, 0.1) is 6.92 Å². The molecule has 0 radical (unpaired) electrons. The fourth-order valence-electron chi connectivity index (χ4n) is 2.55. The van der Waals surface area contributed by atoms with Gasteiger partial charge in [0.15, 0.2) is 0 Å². The lowest BCUT2D eigenvalue weighted by Crippen LogP contribution is -2.39. The zero-order valence-corrected chi connectivity index (χ0v) is 13.2. The van der Waals surface area contributed by atoms with Crippen molar-refractivity contribution in [1.82, 2.24) is 14.7 Å². The molecular formula is C12H19BrN4S. The van der Waals surface area contributed by atoms with Gasteiger partial charge >= 0.3 is 0 Å². The van der Waals surface area contributed by atoms with Crippen molar-refractivity contribution in [3.8, 4) is 0 Å². The smallest absolute Gasteiger partial charge is 0.0902 e. The van der Waals surface area contributed by atoms with Crippen molar-refractivity contribution in [1.29, 1.82) is 0 Å². The normalized spacial score (nSPS) is 20.5. The quantitative estimate of drug-likeness (QED) is 0.860. The molecule has 2 rings (SSSR count). The maximum absolute atomic E-state index is 5.81. The molecule has 0 bridgehead atoms. The Balaban J connectivity index is 2.21. The molecule has 1 fully saturated rings. The largest absolute Gasteiger partial charge is 0.392 e. The van der Waals surface area contributed by atoms with Crippen LogP contribution in [-0.4, -0.2) is 32.3 Å². The third-order valence-corrected chi connectivity index (χ3v) is 4.80. The Morgan fingerprint density at radius 1 is 1.61 bits per heavy atom. The van der Waals surface area contributed by atoms with Crippen molar-refractivity contribution in [2.45, 2.75) is 45.8 Å². The van der Waals surface area contributed by atoms with Gasteiger partial charge in [0, 0.05) is 13.1 Å². The van der Waals surface area contributed by atoms with E-state index in [-0.39, 0.29) is 6.04 Å². The second kappa shape index (κ2) is 5.67. The number of nitrogens with zero attached hydrogens (tertiary/aromatic N) is 3. The Hall–Kier alpha value is -0.460. The first-order chi connectivity index (χ1) is 8.54. The van der Waals surface area contributed by atoms with E-state index in [1.807, 2.05) is 11.6 Å². The highest BCUT2D eigenvalue weighted by atomic mass is 79.9. The molecule has 0 spiro atoms. The first-order valence-electron chi connectivity index (χ1n) is 6.29. The van der Waals surface area contributed by atoms with E-state index in [0.717, 1.165) is 36.2 Å². The molecule has 0 aromatic carbocycles. The molecule has 1 aromatic rings. The van der Waals surface area contributed by atoms with Crippen molar-refractivity contribution in [3.63, 3.8) is 0 Å². The van der Waals surface area contributed by atoms with Crippen LogP contribution >= 0.6 is 28.1 Å². The molecule has 0 saturated carbocycles. The highest BCUT2D eigenvalue weighted by molar-refractivity contribution is 9.10. The summed E-state index contributed by atoms with van der Waals surface area (Å²) >= 11 is 8.78. The summed E-state index contributed by atoms with van der Waals surface area (Å²) in [5, 5.41) is 4.52. The molecule has 18 heavy (non-hydrogen) atoms. The van der Waals surface area contributed by atoms with Crippen molar-refractivity contribution >= 4 is 33.1 Å². The van der Waals surface area contributed by atoms with E-state index in [1.54, 1.807) is 0 Å². The van der Waals surface area contributed by atoms with Gasteiger partial charge in [0.05, 0.1) is 26.9 Å². The fourth-order valence-corrected chi connectivity index (χ4v) is 3.23. The van der Waals surface area contributed by atoms with Gasteiger partial charge in [-0.25, -0.2) is 0 Å². The summed E-state index contributed by atoms with van der Waals surface area (Å²) in [6.07, 6.45) is 2.24. The topological polar surface area (TPSA) is 47.1 Å². The monoisotopic (exact) mass is 330 g/mol. The van der Waals surface area contributed by atoms with E-state index in [0.29, 0.717) is 4.99 Å². The predicted molar refractivity (Wildman–Crippen MR) is 80.6 cm³/mol. The van der Waals surface area contributed by atoms with E-state index >= 15 is 0 Å². The van der Waals surface area contributed by atoms with Crippen LogP contribution in [0.25, 0.3) is 0 Å². The average molecular weight is 331 g/mol. The molecular weight excluding hydrogens is 312 g/mol. The highest BCUT2D eigenvalue weighted by Crippen LogP contribution is 2.26. The van der Waals surface area contributed by atoms with Crippen LogP contribution in [-0.2, 0) is 13.1 Å². The van der Waals surface area contributed by atoms with Crippen molar-refractivity contribution < 1.29 is 0 Å². The van der Waals surface area contributed by atoms with Crippen molar-refractivity contribution in [2.75, 3.05) is 6.54 Å². The number of aromatic nitrogens is 2. The molecule has 1 atom stereocenters. The van der Waals surface area contributed by atoms with Crippen LogP contribution in [0.3, 0.4) is 0 Å². The molecule has 2 heterocycles. The van der Waals surface area contributed by atoms with Crippen LogP contribution in [0.1, 0.15) is 31.2 Å². The number of likely N-dealkylation sites (tertiary alicyclic amines) is 1. The van der Waals surface area contributed by atoms with Gasteiger partial charge < -0.3 is 5.73 Å². The Bertz CT molecular complexity index is 457. The van der Waals surface area contributed by atoms with E-state index in [2.05, 4.69) is 32.9 Å². The molecule has 1 aliphatic heterocycles. The minimum Gasteiger partial charge on any atom is -0.392 e. The maximum atomic E-state index is 5.81. The first kappa shape index (κ1) is 14.0. The molecule has 1 unspecified atom stereocenters. The Morgan fingerprint density at radius 3 is 2.94 bits per heavy atom. The van der Waals surface area contributed by atoms with Crippen molar-refractivity contribution in [2.24, 2.45) is 5.73 Å². The highest BCUT2D eigenvalue weighted by Gasteiger charge is 2.28. The Morgan fingerprint density at radius 2 is 2.33 bits per heavy atom. The Kier molecular flexibility index (Phi) is 4.40. The number of hydrogen-bond acceptors (Lipinski definition) is 3. The zero-order chi connectivity index (χ0) is 13.3. The lowest BCUT2D eigenvalue weighted by molar-refractivity contribution is 0.284. The van der Waals surface area contributed by atoms with E-state index < -0.39 is 0 Å². The zero-order valence-electron chi connectivity index (χ0n) is 10.8. The molecule has 0 aliphatic carbocycles. The number of rotatable bonds is 4. The van der Waals surface area contributed by atoms with Crippen LogP contribution in [0.15, 0.2) is 4.47 Å². The van der Waals surface area contributed by atoms with Gasteiger partial charge in [-0.05, 0) is 49.2 Å². The lowest BCUT2D eigenvalue weighted by Gasteiger charge is -2.23. The number of aryl methyl sites for hydroxylation is 2. The third-order valence-electron chi connectivity index (χ3n) is 3.50. The summed E-state index contributed by atoms with van der Waals surface area (Å²) in [5.74, 6) is 0. The van der Waals surface area contributed by atoms with Crippen LogP contribution in [0.5, 0.6) is 0 Å². The number of nitrogens with two attached hydrogens (primary N) is 1. The summed E-state index contributed by atoms with van der Waals surface area (Å²) in [6, 6.07) is 0.243. The van der Waals surface area contributed by atoms with Gasteiger partial charge in [-0.2, -0.15) is 5.10 Å². The van der Waals surface area contributed by atoms with Crippen LogP contribution in [0.2, 0.25) is 0 Å². The second-order valence-electron chi connectivity index (χ2n) is 4.69. The van der Waals surface area contributed by atoms with Gasteiger partial charge in [0.25, 0.3) is 0 Å². The summed E-state index contributed by atoms with van der Waals surface area (Å²) in [4.78, 5) is 2.97. The molecule has 1 saturated heterocycles. The molecule has 1 aliphatic rings. The van der Waals surface area contributed by atoms with Gasteiger partial charge in [0.2, 0.25) is 0 Å². The summed E-state index contributed by atoms with van der Waals surface area (Å²) in [7, 11) is 0. The molecule has 1 aromatic heterocycles. The van der Waals surface area contributed by atoms with Crippen LogP contribution in [0.4, 0.5) is 0 Å².